The molecule has 0 spiro atoms. The average Bonchev–Trinajstić information content (AvgIpc) is 2.86. The van der Waals surface area contributed by atoms with E-state index < -0.39 is 16.1 Å². The molecule has 0 unspecified atom stereocenters. The third-order valence-corrected chi connectivity index (χ3v) is 9.11. The number of nitrogens with one attached hydrogen (secondary N) is 2. The van der Waals surface area contributed by atoms with Crippen molar-refractivity contribution in [1.29, 1.82) is 0 Å². The predicted octanol–water partition coefficient (Wildman–Crippen LogP) is 5.33. The summed E-state index contributed by atoms with van der Waals surface area (Å²) in [7, 11) is -0.0313. The molecule has 12 heteroatoms. The Kier molecular flexibility index (Phi) is 9.13. The van der Waals surface area contributed by atoms with E-state index in [0.29, 0.717) is 51.0 Å². The number of nitrogens with zero attached hydrogens (tertiary/aromatic N) is 3. The summed E-state index contributed by atoms with van der Waals surface area (Å²) in [6.07, 6.45) is 1.74. The van der Waals surface area contributed by atoms with E-state index in [2.05, 4.69) is 20.6 Å². The summed E-state index contributed by atoms with van der Waals surface area (Å²) in [6, 6.07) is 11.7. The highest BCUT2D eigenvalue weighted by molar-refractivity contribution is 8.00. The molecule has 0 aliphatic rings. The summed E-state index contributed by atoms with van der Waals surface area (Å²) in [5.41, 5.74) is 1.12. The second kappa shape index (κ2) is 11.9. The number of esters is 1. The van der Waals surface area contributed by atoms with Gasteiger partial charge in [0.15, 0.2) is 5.69 Å². The van der Waals surface area contributed by atoms with Gasteiger partial charge in [0.1, 0.15) is 11.6 Å². The Balaban J connectivity index is 2.03. The number of aromatic nitrogens is 2. The second-order valence-corrected chi connectivity index (χ2v) is 11.4. The van der Waals surface area contributed by atoms with E-state index in [1.54, 1.807) is 42.7 Å². The van der Waals surface area contributed by atoms with Gasteiger partial charge in [-0.1, -0.05) is 37.0 Å². The molecular weight excluding hydrogens is 525 g/mol. The lowest BCUT2D eigenvalue weighted by atomic mass is 10.3. The highest BCUT2D eigenvalue weighted by Crippen LogP contribution is 2.33. The van der Waals surface area contributed by atoms with Crippen LogP contribution in [-0.4, -0.2) is 58.0 Å². The fourth-order valence-corrected chi connectivity index (χ4v) is 6.02. The Morgan fingerprint density at radius 1 is 1.00 bits per heavy atom. The van der Waals surface area contributed by atoms with Gasteiger partial charge in [0.25, 0.3) is 0 Å². The summed E-state index contributed by atoms with van der Waals surface area (Å²) in [5.74, 6) is 0.262. The van der Waals surface area contributed by atoms with E-state index in [1.807, 2.05) is 18.2 Å². The Bertz CT molecular complexity index is 1300. The molecule has 1 aromatic heterocycles. The minimum Gasteiger partial charge on any atom is -0.495 e. The molecule has 2 N–H and O–H groups in total. The average molecular weight is 555 g/mol. The van der Waals surface area contributed by atoms with Crippen LogP contribution in [0.2, 0.25) is 10.0 Å². The van der Waals surface area contributed by atoms with Gasteiger partial charge in [-0.05, 0) is 46.5 Å². The van der Waals surface area contributed by atoms with Crippen molar-refractivity contribution in [2.75, 3.05) is 44.2 Å². The summed E-state index contributed by atoms with van der Waals surface area (Å²) >= 11 is 12.1. The van der Waals surface area contributed by atoms with Gasteiger partial charge in [-0.2, -0.15) is 4.98 Å². The molecule has 0 bridgehead atoms. The number of anilines is 4. The maximum absolute atomic E-state index is 13.6. The molecule has 9 nitrogen and oxygen atoms in total. The van der Waals surface area contributed by atoms with Crippen molar-refractivity contribution in [2.45, 2.75) is 18.7 Å². The highest BCUT2D eigenvalue weighted by atomic mass is 35.5. The number of carbonyl (C=O) groups excluding carboxylic acids is 1. The Hall–Kier alpha value is -2.92. The molecule has 0 atom stereocenters. The summed E-state index contributed by atoms with van der Waals surface area (Å²) < 4.78 is 25.9. The zero-order valence-electron chi connectivity index (χ0n) is 20.6. The van der Waals surface area contributed by atoms with Crippen LogP contribution in [-0.2, 0) is 14.9 Å². The van der Waals surface area contributed by atoms with Crippen molar-refractivity contribution in [3.8, 4) is 5.75 Å². The van der Waals surface area contributed by atoms with Gasteiger partial charge in [-0.25, -0.2) is 14.1 Å². The second-order valence-electron chi connectivity index (χ2n) is 7.74. The van der Waals surface area contributed by atoms with Crippen molar-refractivity contribution >= 4 is 62.4 Å². The maximum atomic E-state index is 13.6. The fraction of sp³-hybridized carbons (Fsp3) is 0.292. The minimum absolute atomic E-state index is 0.0250. The van der Waals surface area contributed by atoms with E-state index in [-0.39, 0.29) is 11.6 Å². The van der Waals surface area contributed by atoms with Crippen LogP contribution >= 0.6 is 23.2 Å². The number of hydrogen-bond acceptors (Lipinski definition) is 8. The zero-order valence-corrected chi connectivity index (χ0v) is 23.0. The molecule has 3 rings (SSSR count). The molecule has 0 amide bonds. The summed E-state index contributed by atoms with van der Waals surface area (Å²) in [4.78, 5) is 21.7. The van der Waals surface area contributed by atoms with E-state index in [1.165, 1.54) is 20.3 Å². The summed E-state index contributed by atoms with van der Waals surface area (Å²) in [5, 5.41) is 6.95. The van der Waals surface area contributed by atoms with Crippen molar-refractivity contribution < 1.29 is 18.5 Å². The molecule has 36 heavy (non-hydrogen) atoms. The largest absolute Gasteiger partial charge is 0.495 e. The van der Waals surface area contributed by atoms with Gasteiger partial charge in [-0.3, -0.25) is 4.21 Å². The minimum atomic E-state index is -2.82. The van der Waals surface area contributed by atoms with E-state index in [4.69, 9.17) is 32.7 Å². The standard InChI is InChI=1S/C24H29Cl2N5O4S/c1-6-31(7-2)36(5,33)16-9-11-21(34-3)19(13-16)28-24-29-20(23(32)35-4)14-22(30-24)27-15-8-10-17(25)18(26)12-15/h8-14,36H,6-7H2,1-5H3,(H2,27,28,29,30). The molecule has 194 valence electrons. The number of rotatable bonds is 10. The molecule has 0 aliphatic heterocycles. The first-order valence-corrected chi connectivity index (χ1v) is 14.0. The van der Waals surface area contributed by atoms with E-state index >= 15 is 0 Å². The highest BCUT2D eigenvalue weighted by Gasteiger charge is 2.21. The normalized spacial score (nSPS) is 11.8. The predicted molar refractivity (Wildman–Crippen MR) is 146 cm³/mol. The smallest absolute Gasteiger partial charge is 0.356 e. The topological polar surface area (TPSA) is 106 Å². The number of halogens is 2. The van der Waals surface area contributed by atoms with Crippen LogP contribution in [0.4, 0.5) is 23.1 Å². The van der Waals surface area contributed by atoms with Crippen LogP contribution < -0.4 is 15.4 Å². The molecule has 2 aromatic carbocycles. The third kappa shape index (κ3) is 6.25. The lowest BCUT2D eigenvalue weighted by Crippen LogP contribution is -2.35. The Morgan fingerprint density at radius 2 is 1.72 bits per heavy atom. The lowest BCUT2D eigenvalue weighted by molar-refractivity contribution is 0.0594. The van der Waals surface area contributed by atoms with Crippen molar-refractivity contribution in [2.24, 2.45) is 0 Å². The lowest BCUT2D eigenvalue weighted by Gasteiger charge is -2.32. The van der Waals surface area contributed by atoms with Gasteiger partial charge < -0.3 is 20.1 Å². The van der Waals surface area contributed by atoms with E-state index in [9.17, 15) is 9.00 Å². The molecule has 0 radical (unpaired) electrons. The van der Waals surface area contributed by atoms with Crippen molar-refractivity contribution in [1.82, 2.24) is 14.3 Å². The first-order valence-electron chi connectivity index (χ1n) is 11.1. The molecular formula is C24H29Cl2N5O4S. The SMILES string of the molecule is CCN(CC)[SH](C)(=O)c1ccc(OC)c(Nc2nc(Nc3ccc(Cl)c(Cl)c3)cc(C(=O)OC)n2)c1. The van der Waals surface area contributed by atoms with Gasteiger partial charge in [0.05, 0.1) is 30.0 Å². The molecule has 0 fully saturated rings. The Labute approximate surface area is 221 Å². The van der Waals surface area contributed by atoms with Crippen LogP contribution in [0, 0.1) is 0 Å². The van der Waals surface area contributed by atoms with E-state index in [0.717, 1.165) is 0 Å². The van der Waals surface area contributed by atoms with Crippen LogP contribution in [0.5, 0.6) is 5.75 Å². The van der Waals surface area contributed by atoms with Gasteiger partial charge in [0.2, 0.25) is 5.95 Å². The maximum Gasteiger partial charge on any atom is 0.356 e. The molecule has 1 heterocycles. The number of thiol groups is 1. The molecule has 0 saturated heterocycles. The number of methoxy groups -OCH3 is 2. The van der Waals surface area contributed by atoms with Gasteiger partial charge in [-0.15, -0.1) is 0 Å². The molecule has 0 saturated carbocycles. The number of carbonyl (C=O) groups is 1. The number of ether oxygens (including phenoxy) is 2. The number of benzene rings is 2. The van der Waals surface area contributed by atoms with Crippen LogP contribution in [0.3, 0.4) is 0 Å². The number of hydrogen-bond donors (Lipinski definition) is 3. The van der Waals surface area contributed by atoms with Crippen LogP contribution in [0.1, 0.15) is 24.3 Å². The first-order chi connectivity index (χ1) is 17.1. The zero-order chi connectivity index (χ0) is 26.5. The van der Waals surface area contributed by atoms with Gasteiger partial charge >= 0.3 is 5.97 Å². The monoisotopic (exact) mass is 553 g/mol. The van der Waals surface area contributed by atoms with Crippen molar-refractivity contribution in [3.05, 3.63) is 58.2 Å². The quantitative estimate of drug-likeness (QED) is 0.228. The van der Waals surface area contributed by atoms with Crippen LogP contribution in [0.25, 0.3) is 0 Å². The molecule has 3 aromatic rings. The fourth-order valence-electron chi connectivity index (χ4n) is 3.60. The van der Waals surface area contributed by atoms with Gasteiger partial charge in [0, 0.05) is 36.0 Å². The first kappa shape index (κ1) is 27.7. The molecule has 0 aliphatic carbocycles. The van der Waals surface area contributed by atoms with Crippen LogP contribution in [0.15, 0.2) is 47.4 Å². The Morgan fingerprint density at radius 3 is 2.33 bits per heavy atom. The third-order valence-electron chi connectivity index (χ3n) is 5.49. The van der Waals surface area contributed by atoms with Crippen molar-refractivity contribution in [3.63, 3.8) is 0 Å². The summed E-state index contributed by atoms with van der Waals surface area (Å²) in [6.45, 7) is 5.23.